The lowest BCUT2D eigenvalue weighted by Gasteiger charge is -2.33. The Kier molecular flexibility index (Phi) is 5.00. The van der Waals surface area contributed by atoms with Crippen LogP contribution < -0.4 is 4.72 Å². The van der Waals surface area contributed by atoms with Crippen molar-refractivity contribution in [2.24, 2.45) is 5.92 Å². The van der Waals surface area contributed by atoms with Gasteiger partial charge in [-0.2, -0.15) is 0 Å². The van der Waals surface area contributed by atoms with E-state index >= 15 is 0 Å². The van der Waals surface area contributed by atoms with Crippen LogP contribution in [0.5, 0.6) is 0 Å². The maximum absolute atomic E-state index is 11.0. The quantitative estimate of drug-likeness (QED) is 0.791. The van der Waals surface area contributed by atoms with Crippen molar-refractivity contribution in [1.29, 1.82) is 0 Å². The first-order valence-electron chi connectivity index (χ1n) is 6.81. The van der Waals surface area contributed by atoms with E-state index < -0.39 is 10.0 Å². The average Bonchev–Trinajstić information content (AvgIpc) is 2.80. The normalized spacial score (nSPS) is 27.7. The number of piperidine rings is 1. The number of nitrogens with zero attached hydrogens (tertiary/aromatic N) is 1. The molecule has 2 heterocycles. The van der Waals surface area contributed by atoms with Crippen molar-refractivity contribution >= 4 is 10.0 Å². The van der Waals surface area contributed by atoms with E-state index in [0.717, 1.165) is 39.1 Å². The van der Waals surface area contributed by atoms with Crippen molar-refractivity contribution in [3.8, 4) is 0 Å². The highest BCUT2D eigenvalue weighted by Crippen LogP contribution is 2.19. The van der Waals surface area contributed by atoms with E-state index in [-0.39, 0.29) is 0 Å². The first kappa shape index (κ1) is 14.2. The highest BCUT2D eigenvalue weighted by atomic mass is 32.2. The highest BCUT2D eigenvalue weighted by Gasteiger charge is 2.24. The lowest BCUT2D eigenvalue weighted by atomic mass is 9.97. The summed E-state index contributed by atoms with van der Waals surface area (Å²) in [6.07, 6.45) is 6.19. The zero-order valence-electron chi connectivity index (χ0n) is 11.1. The Morgan fingerprint density at radius 2 is 2.00 bits per heavy atom. The van der Waals surface area contributed by atoms with E-state index in [0.29, 0.717) is 18.6 Å². The predicted octanol–water partition coefficient (Wildman–Crippen LogP) is 0.427. The summed E-state index contributed by atoms with van der Waals surface area (Å²) in [5.74, 6) is 0.487. The lowest BCUT2D eigenvalue weighted by Crippen LogP contribution is -2.41. The molecule has 2 fully saturated rings. The second kappa shape index (κ2) is 6.32. The van der Waals surface area contributed by atoms with Gasteiger partial charge in [0.1, 0.15) is 0 Å². The van der Waals surface area contributed by atoms with Gasteiger partial charge in [0.05, 0.1) is 12.4 Å². The number of rotatable bonds is 5. The van der Waals surface area contributed by atoms with Gasteiger partial charge >= 0.3 is 0 Å². The van der Waals surface area contributed by atoms with Crippen LogP contribution in [-0.2, 0) is 14.8 Å². The lowest BCUT2D eigenvalue weighted by molar-refractivity contribution is 0.0602. The summed E-state index contributed by atoms with van der Waals surface area (Å²) in [6, 6.07) is 0. The molecule has 5 nitrogen and oxygen atoms in total. The molecule has 1 atom stereocenters. The number of likely N-dealkylation sites (tertiary alicyclic amines) is 1. The highest BCUT2D eigenvalue weighted by molar-refractivity contribution is 7.88. The molecule has 2 aliphatic rings. The van der Waals surface area contributed by atoms with Gasteiger partial charge in [0.15, 0.2) is 0 Å². The third kappa shape index (κ3) is 4.84. The van der Waals surface area contributed by atoms with Crippen LogP contribution in [0.15, 0.2) is 0 Å². The van der Waals surface area contributed by atoms with Crippen LogP contribution in [-0.4, -0.2) is 58.5 Å². The molecule has 0 radical (unpaired) electrons. The van der Waals surface area contributed by atoms with Gasteiger partial charge in [-0.1, -0.05) is 0 Å². The molecule has 0 bridgehead atoms. The maximum atomic E-state index is 11.0. The summed E-state index contributed by atoms with van der Waals surface area (Å²) in [4.78, 5) is 2.45. The summed E-state index contributed by atoms with van der Waals surface area (Å²) >= 11 is 0. The van der Waals surface area contributed by atoms with Crippen LogP contribution >= 0.6 is 0 Å². The molecule has 0 aromatic rings. The molecule has 0 unspecified atom stereocenters. The Bertz CT molecular complexity index is 344. The molecule has 2 saturated heterocycles. The van der Waals surface area contributed by atoms with Crippen LogP contribution in [0, 0.1) is 5.92 Å². The molecular weight excluding hydrogens is 252 g/mol. The van der Waals surface area contributed by atoms with Crippen LogP contribution in [0.2, 0.25) is 0 Å². The van der Waals surface area contributed by atoms with E-state index in [1.807, 2.05) is 0 Å². The first-order chi connectivity index (χ1) is 8.53. The third-order valence-corrected chi connectivity index (χ3v) is 4.52. The van der Waals surface area contributed by atoms with Gasteiger partial charge in [0.2, 0.25) is 10.0 Å². The Hall–Kier alpha value is -0.170. The molecule has 2 aliphatic heterocycles. The van der Waals surface area contributed by atoms with Crippen molar-refractivity contribution in [3.63, 3.8) is 0 Å². The molecule has 0 aliphatic carbocycles. The van der Waals surface area contributed by atoms with Crippen LogP contribution in [0.4, 0.5) is 0 Å². The van der Waals surface area contributed by atoms with Crippen LogP contribution in [0.1, 0.15) is 25.7 Å². The Balaban J connectivity index is 1.64. The molecule has 1 N–H and O–H groups in total. The van der Waals surface area contributed by atoms with Gasteiger partial charge in [-0.25, -0.2) is 13.1 Å². The molecule has 0 aromatic carbocycles. The number of ether oxygens (including phenoxy) is 1. The number of nitrogens with one attached hydrogen (secondary N) is 1. The van der Waals surface area contributed by atoms with Crippen molar-refractivity contribution in [2.75, 3.05) is 39.0 Å². The van der Waals surface area contributed by atoms with E-state index in [9.17, 15) is 8.42 Å². The number of hydrogen-bond donors (Lipinski definition) is 1. The topological polar surface area (TPSA) is 58.6 Å². The maximum Gasteiger partial charge on any atom is 0.208 e. The minimum absolute atomic E-state index is 0.427. The molecule has 0 aromatic heterocycles. The smallest absolute Gasteiger partial charge is 0.208 e. The zero-order chi connectivity index (χ0) is 13.0. The summed E-state index contributed by atoms with van der Waals surface area (Å²) < 4.78 is 30.3. The Labute approximate surface area is 110 Å². The fourth-order valence-corrected chi connectivity index (χ4v) is 3.26. The largest absolute Gasteiger partial charge is 0.377 e. The second-order valence-corrected chi connectivity index (χ2v) is 7.33. The van der Waals surface area contributed by atoms with Crippen molar-refractivity contribution < 1.29 is 13.2 Å². The minimum Gasteiger partial charge on any atom is -0.377 e. The number of sulfonamides is 1. The zero-order valence-corrected chi connectivity index (χ0v) is 11.9. The first-order valence-corrected chi connectivity index (χ1v) is 8.70. The van der Waals surface area contributed by atoms with Gasteiger partial charge in [0, 0.05) is 19.7 Å². The fraction of sp³-hybridized carbons (Fsp3) is 1.00. The molecule has 2 rings (SSSR count). The van der Waals surface area contributed by atoms with Crippen LogP contribution in [0.25, 0.3) is 0 Å². The van der Waals surface area contributed by atoms with Crippen LogP contribution in [0.3, 0.4) is 0 Å². The van der Waals surface area contributed by atoms with E-state index in [1.165, 1.54) is 19.1 Å². The molecule has 18 heavy (non-hydrogen) atoms. The SMILES string of the molecule is CS(=O)(=O)NCC1CCN(C[C@@H]2CCCO2)CC1. The molecule has 6 heteroatoms. The van der Waals surface area contributed by atoms with Crippen molar-refractivity contribution in [2.45, 2.75) is 31.8 Å². The minimum atomic E-state index is -3.04. The van der Waals surface area contributed by atoms with Gasteiger partial charge in [-0.3, -0.25) is 0 Å². The van der Waals surface area contributed by atoms with Crippen molar-refractivity contribution in [3.05, 3.63) is 0 Å². The van der Waals surface area contributed by atoms with Crippen molar-refractivity contribution in [1.82, 2.24) is 9.62 Å². The molecule has 0 saturated carbocycles. The molecule has 0 amide bonds. The van der Waals surface area contributed by atoms with E-state index in [1.54, 1.807) is 0 Å². The van der Waals surface area contributed by atoms with Gasteiger partial charge < -0.3 is 9.64 Å². The second-order valence-electron chi connectivity index (χ2n) is 5.50. The molecule has 0 spiro atoms. The Morgan fingerprint density at radius 1 is 1.28 bits per heavy atom. The van der Waals surface area contributed by atoms with Gasteiger partial charge in [-0.15, -0.1) is 0 Å². The van der Waals surface area contributed by atoms with Gasteiger partial charge in [0.25, 0.3) is 0 Å². The predicted molar refractivity (Wildman–Crippen MR) is 71.0 cm³/mol. The number of hydrogen-bond acceptors (Lipinski definition) is 4. The standard InChI is InChI=1S/C12H24N2O3S/c1-18(15,16)13-9-11-4-6-14(7-5-11)10-12-3-2-8-17-12/h11-13H,2-10H2,1H3/t12-/m0/s1. The summed E-state index contributed by atoms with van der Waals surface area (Å²) in [5.41, 5.74) is 0. The molecular formula is C12H24N2O3S. The third-order valence-electron chi connectivity index (χ3n) is 3.83. The van der Waals surface area contributed by atoms with E-state index in [4.69, 9.17) is 4.74 Å². The summed E-state index contributed by atoms with van der Waals surface area (Å²) in [6.45, 7) is 4.68. The molecule has 106 valence electrons. The van der Waals surface area contributed by atoms with E-state index in [2.05, 4.69) is 9.62 Å². The summed E-state index contributed by atoms with van der Waals surface area (Å²) in [7, 11) is -3.04. The monoisotopic (exact) mass is 276 g/mol. The van der Waals surface area contributed by atoms with Gasteiger partial charge in [-0.05, 0) is 44.7 Å². The average molecular weight is 276 g/mol. The summed E-state index contributed by atoms with van der Waals surface area (Å²) in [5, 5.41) is 0. The Morgan fingerprint density at radius 3 is 2.56 bits per heavy atom. The fourth-order valence-electron chi connectivity index (χ4n) is 2.72.